The van der Waals surface area contributed by atoms with E-state index < -0.39 is 5.41 Å². The van der Waals surface area contributed by atoms with Gasteiger partial charge in [0.05, 0.1) is 12.0 Å². The van der Waals surface area contributed by atoms with Gasteiger partial charge in [-0.1, -0.05) is 0 Å². The summed E-state index contributed by atoms with van der Waals surface area (Å²) in [5, 5.41) is 3.65. The summed E-state index contributed by atoms with van der Waals surface area (Å²) in [6.07, 6.45) is 1.25. The average Bonchev–Trinajstić information content (AvgIpc) is 2.89. The van der Waals surface area contributed by atoms with E-state index in [2.05, 4.69) is 5.32 Å². The molecule has 0 aliphatic carbocycles. The fourth-order valence-corrected chi connectivity index (χ4v) is 3.05. The fraction of sp³-hybridized carbons (Fsp3) is 0.471. The van der Waals surface area contributed by atoms with Gasteiger partial charge in [-0.2, -0.15) is 0 Å². The molecule has 0 radical (unpaired) electrons. The molecule has 1 aliphatic heterocycles. The highest BCUT2D eigenvalue weighted by molar-refractivity contribution is 5.85. The molecule has 0 bridgehead atoms. The molecule has 0 unspecified atom stereocenters. The number of amides is 1. The van der Waals surface area contributed by atoms with Gasteiger partial charge in [-0.25, -0.2) is 4.39 Å². The minimum absolute atomic E-state index is 0. The van der Waals surface area contributed by atoms with Gasteiger partial charge in [0.15, 0.2) is 0 Å². The van der Waals surface area contributed by atoms with Crippen LogP contribution < -0.4 is 11.1 Å². The summed E-state index contributed by atoms with van der Waals surface area (Å²) in [6, 6.07) is 4.40. The molecule has 1 fully saturated rings. The third-order valence-electron chi connectivity index (χ3n) is 4.73. The molecule has 3 N–H and O–H groups in total. The van der Waals surface area contributed by atoms with Crippen molar-refractivity contribution >= 4 is 29.3 Å². The first-order chi connectivity index (χ1) is 11.1. The van der Waals surface area contributed by atoms with Gasteiger partial charge < -0.3 is 20.2 Å². The van der Waals surface area contributed by atoms with Crippen LogP contribution in [0.3, 0.4) is 0 Å². The first-order valence-electron chi connectivity index (χ1n) is 7.79. The molecule has 1 aromatic heterocycles. The lowest BCUT2D eigenvalue weighted by Gasteiger charge is -2.34. The smallest absolute Gasteiger partial charge is 0.228 e. The molecule has 2 heterocycles. The number of hydrogen-bond donors (Lipinski definition) is 2. The van der Waals surface area contributed by atoms with Crippen LogP contribution in [0.1, 0.15) is 24.2 Å². The Morgan fingerprint density at radius 1 is 1.38 bits per heavy atom. The summed E-state index contributed by atoms with van der Waals surface area (Å²) >= 11 is 0. The van der Waals surface area contributed by atoms with Gasteiger partial charge in [-0.15, -0.1) is 12.4 Å². The minimum Gasteiger partial charge on any atom is -0.459 e. The summed E-state index contributed by atoms with van der Waals surface area (Å²) in [5.41, 5.74) is 6.73. The minimum atomic E-state index is -0.565. The highest BCUT2D eigenvalue weighted by Crippen LogP contribution is 2.30. The molecule has 5 nitrogen and oxygen atoms in total. The maximum Gasteiger partial charge on any atom is 0.228 e. The molecule has 132 valence electrons. The van der Waals surface area contributed by atoms with Crippen molar-refractivity contribution in [3.8, 4) is 0 Å². The first-order valence-corrected chi connectivity index (χ1v) is 7.79. The molecule has 0 atom stereocenters. The van der Waals surface area contributed by atoms with Crippen LogP contribution in [-0.4, -0.2) is 25.7 Å². The van der Waals surface area contributed by atoms with E-state index in [1.165, 1.54) is 12.1 Å². The van der Waals surface area contributed by atoms with Crippen LogP contribution in [0.4, 0.5) is 4.39 Å². The van der Waals surface area contributed by atoms with Gasteiger partial charge in [-0.3, -0.25) is 4.79 Å². The van der Waals surface area contributed by atoms with E-state index in [0.29, 0.717) is 43.9 Å². The molecule has 2 aromatic rings. The van der Waals surface area contributed by atoms with Gasteiger partial charge in [0.2, 0.25) is 5.91 Å². The van der Waals surface area contributed by atoms with Gasteiger partial charge in [-0.05, 0) is 38.0 Å². The predicted octanol–water partition coefficient (Wildman–Crippen LogP) is 2.67. The molecule has 1 amide bonds. The quantitative estimate of drug-likeness (QED) is 0.883. The summed E-state index contributed by atoms with van der Waals surface area (Å²) in [5.74, 6) is 0.258. The molecule has 7 heteroatoms. The number of nitrogens with one attached hydrogen (secondary N) is 1. The molecule has 1 saturated heterocycles. The number of aryl methyl sites for hydroxylation is 1. The maximum absolute atomic E-state index is 13.3. The third-order valence-corrected chi connectivity index (χ3v) is 4.73. The Kier molecular flexibility index (Phi) is 5.85. The highest BCUT2D eigenvalue weighted by atomic mass is 35.5. The fourth-order valence-electron chi connectivity index (χ4n) is 3.05. The van der Waals surface area contributed by atoms with Crippen molar-refractivity contribution in [2.24, 2.45) is 11.1 Å². The normalized spacial score (nSPS) is 16.6. The van der Waals surface area contributed by atoms with Crippen molar-refractivity contribution in [3.05, 3.63) is 35.3 Å². The van der Waals surface area contributed by atoms with Crippen LogP contribution in [0.2, 0.25) is 0 Å². The number of ether oxygens (including phenoxy) is 1. The maximum atomic E-state index is 13.3. The van der Waals surface area contributed by atoms with E-state index in [1.807, 2.05) is 6.92 Å². The van der Waals surface area contributed by atoms with Crippen LogP contribution in [0, 0.1) is 18.2 Å². The van der Waals surface area contributed by atoms with E-state index in [4.69, 9.17) is 14.9 Å². The number of furan rings is 1. The second-order valence-corrected chi connectivity index (χ2v) is 6.07. The lowest BCUT2D eigenvalue weighted by molar-refractivity contribution is -0.136. The van der Waals surface area contributed by atoms with E-state index in [-0.39, 0.29) is 30.7 Å². The van der Waals surface area contributed by atoms with Crippen LogP contribution in [0.15, 0.2) is 22.6 Å². The van der Waals surface area contributed by atoms with Crippen molar-refractivity contribution < 1.29 is 18.3 Å². The van der Waals surface area contributed by atoms with E-state index >= 15 is 0 Å². The summed E-state index contributed by atoms with van der Waals surface area (Å²) < 4.78 is 24.4. The molecular weight excluding hydrogens is 335 g/mol. The summed E-state index contributed by atoms with van der Waals surface area (Å²) in [4.78, 5) is 12.6. The standard InChI is InChI=1S/C17H21FN2O3.ClH/c1-11-13-8-12(18)2-3-14(13)23-15(11)9-20-16(21)17(10-19)4-6-22-7-5-17;/h2-3,8H,4-7,9-10,19H2,1H3,(H,20,21);1H. The Labute approximate surface area is 146 Å². The van der Waals surface area contributed by atoms with Gasteiger partial charge >= 0.3 is 0 Å². The van der Waals surface area contributed by atoms with Gasteiger partial charge in [0, 0.05) is 30.7 Å². The van der Waals surface area contributed by atoms with Crippen molar-refractivity contribution in [1.29, 1.82) is 0 Å². The molecule has 3 rings (SSSR count). The van der Waals surface area contributed by atoms with E-state index in [9.17, 15) is 9.18 Å². The SMILES string of the molecule is Cc1c(CNC(=O)C2(CN)CCOCC2)oc2ccc(F)cc12.Cl. The first kappa shape index (κ1) is 18.7. The topological polar surface area (TPSA) is 77.5 Å². The van der Waals surface area contributed by atoms with Crippen LogP contribution in [0.5, 0.6) is 0 Å². The number of hydrogen-bond acceptors (Lipinski definition) is 4. The van der Waals surface area contributed by atoms with Crippen molar-refractivity contribution in [3.63, 3.8) is 0 Å². The van der Waals surface area contributed by atoms with Crippen molar-refractivity contribution in [2.75, 3.05) is 19.8 Å². The molecule has 0 spiro atoms. The Morgan fingerprint density at radius 2 is 2.08 bits per heavy atom. The highest BCUT2D eigenvalue weighted by Gasteiger charge is 2.38. The Balaban J connectivity index is 0.00000208. The summed E-state index contributed by atoms with van der Waals surface area (Å²) in [7, 11) is 0. The second kappa shape index (κ2) is 7.51. The predicted molar refractivity (Wildman–Crippen MR) is 91.5 cm³/mol. The number of rotatable bonds is 4. The molecule has 1 aliphatic rings. The Morgan fingerprint density at radius 3 is 2.75 bits per heavy atom. The van der Waals surface area contributed by atoms with Gasteiger partial charge in [0.1, 0.15) is 17.2 Å². The van der Waals surface area contributed by atoms with E-state index in [0.717, 1.165) is 10.9 Å². The second-order valence-electron chi connectivity index (χ2n) is 6.07. The van der Waals surface area contributed by atoms with Crippen molar-refractivity contribution in [1.82, 2.24) is 5.32 Å². The molecular formula is C17H22ClFN2O3. The van der Waals surface area contributed by atoms with Crippen LogP contribution in [-0.2, 0) is 16.1 Å². The Hall–Kier alpha value is -1.63. The van der Waals surface area contributed by atoms with Crippen molar-refractivity contribution in [2.45, 2.75) is 26.3 Å². The lowest BCUT2D eigenvalue weighted by Crippen LogP contribution is -2.48. The zero-order valence-corrected chi connectivity index (χ0v) is 14.4. The van der Waals surface area contributed by atoms with Crippen LogP contribution in [0.25, 0.3) is 11.0 Å². The largest absolute Gasteiger partial charge is 0.459 e. The number of fused-ring (bicyclic) bond motifs is 1. The number of carbonyl (C=O) groups excluding carboxylic acids is 1. The molecule has 1 aromatic carbocycles. The number of carbonyl (C=O) groups is 1. The Bertz CT molecular complexity index is 726. The molecule has 0 saturated carbocycles. The summed E-state index contributed by atoms with van der Waals surface area (Å²) in [6.45, 7) is 3.52. The average molecular weight is 357 g/mol. The lowest BCUT2D eigenvalue weighted by atomic mass is 9.79. The van der Waals surface area contributed by atoms with Gasteiger partial charge in [0.25, 0.3) is 0 Å². The number of nitrogens with two attached hydrogens (primary N) is 1. The third kappa shape index (κ3) is 3.41. The zero-order chi connectivity index (χ0) is 16.4. The monoisotopic (exact) mass is 356 g/mol. The van der Waals surface area contributed by atoms with E-state index in [1.54, 1.807) is 6.07 Å². The zero-order valence-electron chi connectivity index (χ0n) is 13.6. The number of benzene rings is 1. The van der Waals surface area contributed by atoms with Crippen LogP contribution >= 0.6 is 12.4 Å². The number of halogens is 2. The molecule has 24 heavy (non-hydrogen) atoms.